The summed E-state index contributed by atoms with van der Waals surface area (Å²) in [4.78, 5) is 13.0. The quantitative estimate of drug-likeness (QED) is 0.0206. The van der Waals surface area contributed by atoms with Crippen molar-refractivity contribution in [2.45, 2.75) is 224 Å². The molecule has 13 heteroatoms. The highest BCUT2D eigenvalue weighted by atomic mass is 32.3. The van der Waals surface area contributed by atoms with Crippen molar-refractivity contribution in [2.75, 3.05) is 13.2 Å². The minimum Gasteiger partial charge on any atom is -0.394 e. The van der Waals surface area contributed by atoms with Crippen molar-refractivity contribution in [1.29, 1.82) is 0 Å². The molecule has 1 saturated heterocycles. The first-order chi connectivity index (χ1) is 26.5. The van der Waals surface area contributed by atoms with Crippen LogP contribution in [0.4, 0.5) is 0 Å². The van der Waals surface area contributed by atoms with Gasteiger partial charge < -0.3 is 35.2 Å². The van der Waals surface area contributed by atoms with E-state index in [0.29, 0.717) is 6.42 Å². The SMILES string of the molecule is CCCCCCCC/C=C\CCCCCCCC(=O)N[C@@H](CO[C@@H]1O[C@H](CO)[C@H](O)C(OS(=O)(=O)O)C1O)[C@H](O)/C=C/CCCCCCCCCCCCC. The summed E-state index contributed by atoms with van der Waals surface area (Å²) in [5.41, 5.74) is 0. The van der Waals surface area contributed by atoms with Gasteiger partial charge in [-0.2, -0.15) is 8.42 Å². The summed E-state index contributed by atoms with van der Waals surface area (Å²) in [5, 5.41) is 44.6. The fraction of sp³-hybridized carbons (Fsp3) is 0.881. The number of aliphatic hydroxyl groups is 4. The monoisotopic (exact) mass is 806 g/mol. The Morgan fingerprint density at radius 1 is 0.709 bits per heavy atom. The van der Waals surface area contributed by atoms with Crippen LogP contribution < -0.4 is 5.32 Å². The van der Waals surface area contributed by atoms with Crippen LogP contribution in [0.1, 0.15) is 181 Å². The second-order valence-corrected chi connectivity index (χ2v) is 16.3. The molecule has 2 unspecified atom stereocenters. The number of ether oxygens (including phenoxy) is 2. The van der Waals surface area contributed by atoms with Crippen LogP contribution in [0.15, 0.2) is 24.3 Å². The zero-order valence-electron chi connectivity index (χ0n) is 34.2. The molecule has 0 aromatic rings. The van der Waals surface area contributed by atoms with E-state index in [2.05, 4.69) is 35.5 Å². The molecule has 1 fully saturated rings. The largest absolute Gasteiger partial charge is 0.397 e. The third-order valence-corrected chi connectivity index (χ3v) is 10.7. The molecule has 7 atom stereocenters. The minimum absolute atomic E-state index is 0.259. The van der Waals surface area contributed by atoms with Gasteiger partial charge in [0.2, 0.25) is 5.91 Å². The van der Waals surface area contributed by atoms with E-state index >= 15 is 0 Å². The lowest BCUT2D eigenvalue weighted by atomic mass is 9.99. The molecule has 55 heavy (non-hydrogen) atoms. The van der Waals surface area contributed by atoms with Gasteiger partial charge in [-0.25, -0.2) is 4.18 Å². The fourth-order valence-corrected chi connectivity index (χ4v) is 7.31. The van der Waals surface area contributed by atoms with Gasteiger partial charge in [-0.15, -0.1) is 0 Å². The maximum absolute atomic E-state index is 13.0. The Kier molecular flexibility index (Phi) is 31.5. The lowest BCUT2D eigenvalue weighted by Crippen LogP contribution is -2.61. The van der Waals surface area contributed by atoms with Crippen molar-refractivity contribution < 1.29 is 51.8 Å². The van der Waals surface area contributed by atoms with E-state index < -0.39 is 59.9 Å². The molecular formula is C42H79NO11S. The predicted octanol–water partition coefficient (Wildman–Crippen LogP) is 7.77. The molecule has 0 aromatic heterocycles. The number of aliphatic hydroxyl groups excluding tert-OH is 4. The number of hydrogen-bond acceptors (Lipinski definition) is 10. The molecule has 0 aliphatic carbocycles. The fourth-order valence-electron chi connectivity index (χ4n) is 6.80. The molecule has 0 spiro atoms. The van der Waals surface area contributed by atoms with Crippen LogP contribution in [-0.2, 0) is 28.9 Å². The van der Waals surface area contributed by atoms with Crippen molar-refractivity contribution in [2.24, 2.45) is 0 Å². The summed E-state index contributed by atoms with van der Waals surface area (Å²) >= 11 is 0. The van der Waals surface area contributed by atoms with E-state index in [1.165, 1.54) is 96.3 Å². The normalized spacial score (nSPS) is 21.8. The number of hydrogen-bond donors (Lipinski definition) is 6. The number of unbranched alkanes of at least 4 members (excludes halogenated alkanes) is 22. The number of carbonyl (C=O) groups excluding carboxylic acids is 1. The lowest BCUT2D eigenvalue weighted by Gasteiger charge is -2.41. The topological polar surface area (TPSA) is 192 Å². The summed E-state index contributed by atoms with van der Waals surface area (Å²) in [6, 6.07) is -0.944. The molecule has 1 amide bonds. The third kappa shape index (κ3) is 27.0. The van der Waals surface area contributed by atoms with Crippen molar-refractivity contribution >= 4 is 16.3 Å². The Bertz CT molecular complexity index is 1090. The Labute approximate surface area is 333 Å². The molecule has 0 saturated carbocycles. The summed E-state index contributed by atoms with van der Waals surface area (Å²) in [6.45, 7) is 3.35. The summed E-state index contributed by atoms with van der Waals surface area (Å²) in [7, 11) is -5.08. The zero-order chi connectivity index (χ0) is 40.6. The van der Waals surface area contributed by atoms with Crippen LogP contribution >= 0.6 is 0 Å². The van der Waals surface area contributed by atoms with Crippen LogP contribution in [-0.4, -0.2) is 95.4 Å². The number of nitrogens with one attached hydrogen (secondary N) is 1. The first kappa shape index (κ1) is 51.6. The smallest absolute Gasteiger partial charge is 0.394 e. The first-order valence-corrected chi connectivity index (χ1v) is 23.1. The van der Waals surface area contributed by atoms with Crippen molar-refractivity contribution in [3.63, 3.8) is 0 Å². The Balaban J connectivity index is 2.58. The molecule has 1 aliphatic heterocycles. The van der Waals surface area contributed by atoms with Crippen LogP contribution in [0.2, 0.25) is 0 Å². The standard InChI is InChI=1S/C42H79NO11S/c1-3-5-7-9-11-13-15-17-18-20-22-24-26-28-30-32-38(46)43-35(36(45)31-29-27-25-23-21-19-16-14-12-10-8-6-4-2)34-52-42-40(48)41(54-55(49,50)51)39(47)37(33-44)53-42/h17-18,29,31,35-37,39-42,44-45,47-48H,3-16,19-28,30,32-34H2,1-2H3,(H,43,46)(H,49,50,51)/b18-17-,31-29+/t35-,36+,37+,39-,40?,41?,42+/m0/s1. The average Bonchev–Trinajstić information content (AvgIpc) is 3.15. The summed E-state index contributed by atoms with van der Waals surface area (Å²) < 4.78 is 47.5. The van der Waals surface area contributed by atoms with Gasteiger partial charge in [0.25, 0.3) is 0 Å². The summed E-state index contributed by atoms with van der Waals surface area (Å²) in [5.74, 6) is -0.273. The maximum atomic E-state index is 13.0. The number of allylic oxidation sites excluding steroid dienone is 3. The molecule has 1 aliphatic rings. The maximum Gasteiger partial charge on any atom is 0.397 e. The third-order valence-electron chi connectivity index (χ3n) is 10.2. The second-order valence-electron chi connectivity index (χ2n) is 15.3. The highest BCUT2D eigenvalue weighted by Crippen LogP contribution is 2.26. The predicted molar refractivity (Wildman–Crippen MR) is 218 cm³/mol. The van der Waals surface area contributed by atoms with Gasteiger partial charge in [-0.05, 0) is 44.9 Å². The Morgan fingerprint density at radius 2 is 1.16 bits per heavy atom. The van der Waals surface area contributed by atoms with Crippen LogP contribution in [0, 0.1) is 0 Å². The van der Waals surface area contributed by atoms with Gasteiger partial charge in [0.1, 0.15) is 24.4 Å². The van der Waals surface area contributed by atoms with E-state index in [0.717, 1.165) is 57.8 Å². The van der Waals surface area contributed by atoms with E-state index in [-0.39, 0.29) is 18.9 Å². The molecule has 6 N–H and O–H groups in total. The van der Waals surface area contributed by atoms with Crippen molar-refractivity contribution in [3.8, 4) is 0 Å². The van der Waals surface area contributed by atoms with Gasteiger partial charge in [0.05, 0.1) is 25.4 Å². The lowest BCUT2D eigenvalue weighted by molar-refractivity contribution is -0.298. The molecule has 1 heterocycles. The highest BCUT2D eigenvalue weighted by molar-refractivity contribution is 7.80. The van der Waals surface area contributed by atoms with Gasteiger partial charge in [-0.3, -0.25) is 9.35 Å². The van der Waals surface area contributed by atoms with E-state index in [9.17, 15) is 33.6 Å². The van der Waals surface area contributed by atoms with Crippen molar-refractivity contribution in [1.82, 2.24) is 5.32 Å². The molecule has 0 aromatic carbocycles. The number of amides is 1. The average molecular weight is 806 g/mol. The van der Waals surface area contributed by atoms with E-state index in [4.69, 9.17) is 14.0 Å². The molecule has 324 valence electrons. The number of carbonyl (C=O) groups is 1. The van der Waals surface area contributed by atoms with E-state index in [1.54, 1.807) is 6.08 Å². The van der Waals surface area contributed by atoms with Gasteiger partial charge in [0, 0.05) is 6.42 Å². The van der Waals surface area contributed by atoms with Gasteiger partial charge in [0.15, 0.2) is 6.29 Å². The van der Waals surface area contributed by atoms with Gasteiger partial charge in [-0.1, -0.05) is 154 Å². The van der Waals surface area contributed by atoms with Crippen LogP contribution in [0.25, 0.3) is 0 Å². The zero-order valence-corrected chi connectivity index (χ0v) is 35.1. The molecule has 0 bridgehead atoms. The minimum atomic E-state index is -5.08. The Hall–Kier alpha value is -1.42. The molecular weight excluding hydrogens is 727 g/mol. The molecule has 0 radical (unpaired) electrons. The number of rotatable bonds is 36. The highest BCUT2D eigenvalue weighted by Gasteiger charge is 2.48. The van der Waals surface area contributed by atoms with Gasteiger partial charge >= 0.3 is 10.4 Å². The van der Waals surface area contributed by atoms with Crippen LogP contribution in [0.3, 0.4) is 0 Å². The summed E-state index contributed by atoms with van der Waals surface area (Å²) in [6.07, 6.45) is 27.9. The molecule has 1 rings (SSSR count). The van der Waals surface area contributed by atoms with E-state index in [1.807, 2.05) is 6.08 Å². The van der Waals surface area contributed by atoms with Crippen LogP contribution in [0.5, 0.6) is 0 Å². The Morgan fingerprint density at radius 3 is 1.64 bits per heavy atom. The van der Waals surface area contributed by atoms with Crippen molar-refractivity contribution in [3.05, 3.63) is 24.3 Å². The first-order valence-electron chi connectivity index (χ1n) is 21.7. The second kappa shape index (κ2) is 33.5. The molecule has 12 nitrogen and oxygen atoms in total.